The van der Waals surface area contributed by atoms with Crippen LogP contribution in [0.3, 0.4) is 0 Å². The number of hydrogen-bond acceptors (Lipinski definition) is 3. The molecule has 0 radical (unpaired) electrons. The van der Waals surface area contributed by atoms with Crippen molar-refractivity contribution < 1.29 is 19.1 Å². The van der Waals surface area contributed by atoms with E-state index in [0.717, 1.165) is 16.2 Å². The Labute approximate surface area is 135 Å². The minimum absolute atomic E-state index is 0.257. The summed E-state index contributed by atoms with van der Waals surface area (Å²) in [6, 6.07) is 9.75. The van der Waals surface area contributed by atoms with E-state index in [1.165, 1.54) is 17.4 Å². The molecule has 0 bridgehead atoms. The third-order valence-corrected chi connectivity index (χ3v) is 4.48. The van der Waals surface area contributed by atoms with Gasteiger partial charge >= 0.3 is 5.97 Å². The van der Waals surface area contributed by atoms with E-state index in [9.17, 15) is 14.0 Å². The van der Waals surface area contributed by atoms with Gasteiger partial charge in [-0.1, -0.05) is 18.2 Å². The lowest BCUT2D eigenvalue weighted by Gasteiger charge is -2.10. The summed E-state index contributed by atoms with van der Waals surface area (Å²) in [5, 5.41) is 14.1. The van der Waals surface area contributed by atoms with Gasteiger partial charge in [0.05, 0.1) is 11.1 Å². The second-order valence-electron chi connectivity index (χ2n) is 5.05. The normalized spacial score (nSPS) is 10.7. The van der Waals surface area contributed by atoms with Crippen molar-refractivity contribution in [2.45, 2.75) is 6.92 Å². The Morgan fingerprint density at radius 3 is 2.65 bits per heavy atom. The maximum absolute atomic E-state index is 13.8. The number of amides is 1. The van der Waals surface area contributed by atoms with Gasteiger partial charge < -0.3 is 10.4 Å². The van der Waals surface area contributed by atoms with E-state index < -0.39 is 17.3 Å². The first kappa shape index (κ1) is 15.2. The van der Waals surface area contributed by atoms with Gasteiger partial charge in [-0.25, -0.2) is 9.18 Å². The molecule has 1 aromatic heterocycles. The molecule has 0 aliphatic heterocycles. The average molecular weight is 329 g/mol. The molecule has 3 aromatic rings. The smallest absolute Gasteiger partial charge is 0.338 e. The molecule has 4 nitrogen and oxygen atoms in total. The molecule has 23 heavy (non-hydrogen) atoms. The topological polar surface area (TPSA) is 66.4 Å². The number of rotatable bonds is 3. The lowest BCUT2D eigenvalue weighted by atomic mass is 10.1. The number of aryl methyl sites for hydroxylation is 1. The molecule has 0 saturated heterocycles. The second kappa shape index (κ2) is 5.81. The minimum atomic E-state index is -1.34. The van der Waals surface area contributed by atoms with Crippen molar-refractivity contribution in [3.05, 3.63) is 64.3 Å². The van der Waals surface area contributed by atoms with Crippen molar-refractivity contribution in [1.29, 1.82) is 0 Å². The number of hydrogen-bond donors (Lipinski definition) is 2. The van der Waals surface area contributed by atoms with E-state index in [1.54, 1.807) is 12.3 Å². The van der Waals surface area contributed by atoms with E-state index in [1.807, 2.05) is 24.3 Å². The van der Waals surface area contributed by atoms with Crippen LogP contribution in [0.2, 0.25) is 0 Å². The molecule has 0 atom stereocenters. The molecule has 0 unspecified atom stereocenters. The maximum Gasteiger partial charge on any atom is 0.338 e. The van der Waals surface area contributed by atoms with E-state index in [2.05, 4.69) is 5.32 Å². The summed E-state index contributed by atoms with van der Waals surface area (Å²) < 4.78 is 14.8. The Balaban J connectivity index is 1.94. The second-order valence-corrected chi connectivity index (χ2v) is 5.96. The summed E-state index contributed by atoms with van der Waals surface area (Å²) in [6.07, 6.45) is 0. The minimum Gasteiger partial charge on any atom is -0.478 e. The molecule has 0 aliphatic carbocycles. The lowest BCUT2D eigenvalue weighted by Crippen LogP contribution is -2.13. The first-order chi connectivity index (χ1) is 11.0. The van der Waals surface area contributed by atoms with Crippen LogP contribution in [0, 0.1) is 12.7 Å². The van der Waals surface area contributed by atoms with Crippen molar-refractivity contribution in [3.63, 3.8) is 0 Å². The number of benzene rings is 2. The number of halogens is 1. The van der Waals surface area contributed by atoms with Gasteiger partial charge in [-0.2, -0.15) is 0 Å². The number of fused-ring (bicyclic) bond motifs is 1. The number of carbonyl (C=O) groups is 2. The van der Waals surface area contributed by atoms with Crippen molar-refractivity contribution in [2.75, 3.05) is 5.32 Å². The Morgan fingerprint density at radius 1 is 1.17 bits per heavy atom. The molecule has 2 aromatic carbocycles. The summed E-state index contributed by atoms with van der Waals surface area (Å²) in [6.45, 7) is 1.62. The number of carboxylic acids is 1. The summed E-state index contributed by atoms with van der Waals surface area (Å²) in [5.41, 5.74) is 0.832. The van der Waals surface area contributed by atoms with Crippen LogP contribution in [0.4, 0.5) is 10.1 Å². The first-order valence-corrected chi connectivity index (χ1v) is 7.66. The van der Waals surface area contributed by atoms with Gasteiger partial charge in [-0.05, 0) is 30.7 Å². The Bertz CT molecular complexity index is 933. The Morgan fingerprint density at radius 2 is 1.91 bits per heavy atom. The zero-order valence-corrected chi connectivity index (χ0v) is 12.9. The maximum atomic E-state index is 13.8. The van der Waals surface area contributed by atoms with Gasteiger partial charge in [-0.15, -0.1) is 11.3 Å². The summed E-state index contributed by atoms with van der Waals surface area (Å²) in [4.78, 5) is 23.3. The number of thiophene rings is 1. The highest BCUT2D eigenvalue weighted by Gasteiger charge is 2.17. The highest BCUT2D eigenvalue weighted by atomic mass is 32.1. The number of aromatic carboxylic acids is 1. The molecule has 1 amide bonds. The number of carbonyl (C=O) groups excluding carboxylic acids is 1. The van der Waals surface area contributed by atoms with Crippen LogP contribution >= 0.6 is 11.3 Å². The number of nitrogens with one attached hydrogen (secondary N) is 1. The van der Waals surface area contributed by atoms with Gasteiger partial charge in [0.2, 0.25) is 0 Å². The van der Waals surface area contributed by atoms with E-state index in [-0.39, 0.29) is 11.6 Å². The van der Waals surface area contributed by atoms with E-state index >= 15 is 0 Å². The number of carboxylic acid groups (broad SMARTS) is 1. The van der Waals surface area contributed by atoms with Crippen molar-refractivity contribution in [3.8, 4) is 0 Å². The molecule has 2 N–H and O–H groups in total. The molecule has 116 valence electrons. The average Bonchev–Trinajstić information content (AvgIpc) is 2.94. The zero-order chi connectivity index (χ0) is 16.6. The van der Waals surface area contributed by atoms with Crippen LogP contribution in [0.1, 0.15) is 26.3 Å². The lowest BCUT2D eigenvalue weighted by molar-refractivity contribution is 0.0691. The molecule has 3 rings (SSSR count). The van der Waals surface area contributed by atoms with Gasteiger partial charge in [-0.3, -0.25) is 4.79 Å². The number of anilines is 1. The molecule has 0 saturated carbocycles. The molecule has 6 heteroatoms. The van der Waals surface area contributed by atoms with Crippen LogP contribution in [0.25, 0.3) is 10.1 Å². The molecule has 0 spiro atoms. The van der Waals surface area contributed by atoms with Gasteiger partial charge in [0.15, 0.2) is 0 Å². The molecule has 1 heterocycles. The monoisotopic (exact) mass is 329 g/mol. The van der Waals surface area contributed by atoms with Crippen LogP contribution < -0.4 is 5.32 Å². The Kier molecular flexibility index (Phi) is 3.83. The summed E-state index contributed by atoms with van der Waals surface area (Å²) >= 11 is 1.45. The largest absolute Gasteiger partial charge is 0.478 e. The molecule has 0 fully saturated rings. The van der Waals surface area contributed by atoms with Gasteiger partial charge in [0.1, 0.15) is 5.82 Å². The summed E-state index contributed by atoms with van der Waals surface area (Å²) in [7, 11) is 0. The highest BCUT2D eigenvalue weighted by molar-refractivity contribution is 7.17. The third-order valence-electron chi connectivity index (χ3n) is 3.52. The fourth-order valence-corrected chi connectivity index (χ4v) is 3.26. The SMILES string of the molecule is Cc1cc(C(=O)O)c(F)cc1NC(=O)c1csc2ccccc12. The summed E-state index contributed by atoms with van der Waals surface area (Å²) in [5.74, 6) is -2.58. The predicted molar refractivity (Wildman–Crippen MR) is 87.9 cm³/mol. The zero-order valence-electron chi connectivity index (χ0n) is 12.1. The van der Waals surface area contributed by atoms with Gasteiger partial charge in [0.25, 0.3) is 5.91 Å². The van der Waals surface area contributed by atoms with Crippen molar-refractivity contribution in [1.82, 2.24) is 0 Å². The van der Waals surface area contributed by atoms with E-state index in [0.29, 0.717) is 11.1 Å². The van der Waals surface area contributed by atoms with Crippen molar-refractivity contribution >= 4 is 39.0 Å². The first-order valence-electron chi connectivity index (χ1n) is 6.78. The van der Waals surface area contributed by atoms with Crippen LogP contribution in [0.15, 0.2) is 41.8 Å². The van der Waals surface area contributed by atoms with Crippen LogP contribution in [0.5, 0.6) is 0 Å². The fourth-order valence-electron chi connectivity index (χ4n) is 2.32. The standard InChI is InChI=1S/C17H12FNO3S/c1-9-6-11(17(21)22)13(18)7-14(9)19-16(20)12-8-23-15-5-3-2-4-10(12)15/h2-8H,1H3,(H,19,20)(H,21,22). The van der Waals surface area contributed by atoms with E-state index in [4.69, 9.17) is 5.11 Å². The van der Waals surface area contributed by atoms with Gasteiger partial charge in [0, 0.05) is 21.2 Å². The molecule has 0 aliphatic rings. The highest BCUT2D eigenvalue weighted by Crippen LogP contribution is 2.27. The molecular weight excluding hydrogens is 317 g/mol. The molecular formula is C17H12FNO3S. The quantitative estimate of drug-likeness (QED) is 0.753. The third kappa shape index (κ3) is 2.80. The van der Waals surface area contributed by atoms with Crippen LogP contribution in [-0.2, 0) is 0 Å². The fraction of sp³-hybridized carbons (Fsp3) is 0.0588. The predicted octanol–water partition coefficient (Wildman–Crippen LogP) is 4.30. The van der Waals surface area contributed by atoms with Crippen molar-refractivity contribution in [2.24, 2.45) is 0 Å². The van der Waals surface area contributed by atoms with Crippen LogP contribution in [-0.4, -0.2) is 17.0 Å². The Hall–Kier alpha value is -2.73.